The van der Waals surface area contributed by atoms with Gasteiger partial charge in [0.25, 0.3) is 0 Å². The number of methoxy groups -OCH3 is 1. The molecule has 1 aliphatic carbocycles. The van der Waals surface area contributed by atoms with Crippen molar-refractivity contribution in [3.8, 4) is 5.75 Å². The van der Waals surface area contributed by atoms with E-state index in [-0.39, 0.29) is 11.9 Å². The van der Waals surface area contributed by atoms with Gasteiger partial charge < -0.3 is 14.5 Å². The number of ether oxygens (including phenoxy) is 1. The first-order chi connectivity index (χ1) is 14.1. The average Bonchev–Trinajstić information content (AvgIpc) is 3.10. The van der Waals surface area contributed by atoms with Gasteiger partial charge in [0.05, 0.1) is 13.2 Å². The topological polar surface area (TPSA) is 51.5 Å². The first-order valence-corrected chi connectivity index (χ1v) is 10.2. The van der Waals surface area contributed by atoms with Crippen LogP contribution in [0.3, 0.4) is 0 Å². The first kappa shape index (κ1) is 19.3. The Bertz CT molecular complexity index is 1060. The molecule has 29 heavy (non-hydrogen) atoms. The van der Waals surface area contributed by atoms with Crippen LogP contribution in [-0.4, -0.2) is 13.0 Å². The van der Waals surface area contributed by atoms with Crippen LogP contribution in [0, 0.1) is 0 Å². The Labute approximate surface area is 171 Å². The number of hydrogen-bond donors (Lipinski definition) is 1. The molecule has 4 nitrogen and oxygen atoms in total. The number of furan rings is 1. The van der Waals surface area contributed by atoms with Crippen LogP contribution in [0.15, 0.2) is 53.0 Å². The lowest BCUT2D eigenvalue weighted by molar-refractivity contribution is -0.117. The van der Waals surface area contributed by atoms with Gasteiger partial charge in [0.2, 0.25) is 5.91 Å². The van der Waals surface area contributed by atoms with Gasteiger partial charge >= 0.3 is 0 Å². The number of carbonyl (C=O) groups is 1. The zero-order valence-electron chi connectivity index (χ0n) is 17.2. The van der Waals surface area contributed by atoms with E-state index in [0.29, 0.717) is 0 Å². The summed E-state index contributed by atoms with van der Waals surface area (Å²) in [6.07, 6.45) is 6.06. The zero-order valence-corrected chi connectivity index (χ0v) is 17.2. The largest absolute Gasteiger partial charge is 0.496 e. The molecule has 1 N–H and O–H groups in total. The Balaban J connectivity index is 1.62. The monoisotopic (exact) mass is 389 g/mol. The van der Waals surface area contributed by atoms with Gasteiger partial charge in [0.1, 0.15) is 17.1 Å². The van der Waals surface area contributed by atoms with Crippen molar-refractivity contribution in [1.29, 1.82) is 0 Å². The van der Waals surface area contributed by atoms with Crippen LogP contribution in [0.1, 0.15) is 55.2 Å². The SMILES string of the molecule is COc1cc2oc3c(c2cc1/C(C)=C/C(=O)NC(C)c1ccccc1)CCCC3. The highest BCUT2D eigenvalue weighted by Gasteiger charge is 2.20. The van der Waals surface area contributed by atoms with Crippen molar-refractivity contribution in [3.05, 3.63) is 71.0 Å². The molecule has 4 heteroatoms. The molecule has 0 saturated carbocycles. The van der Waals surface area contributed by atoms with Gasteiger partial charge in [0.15, 0.2) is 0 Å². The fraction of sp³-hybridized carbons (Fsp3) is 0.320. The third kappa shape index (κ3) is 3.93. The van der Waals surface area contributed by atoms with Crippen LogP contribution in [0.2, 0.25) is 0 Å². The minimum Gasteiger partial charge on any atom is -0.496 e. The van der Waals surface area contributed by atoms with Crippen molar-refractivity contribution >= 4 is 22.4 Å². The minimum absolute atomic E-state index is 0.0574. The maximum Gasteiger partial charge on any atom is 0.244 e. The number of hydrogen-bond acceptors (Lipinski definition) is 3. The van der Waals surface area contributed by atoms with Crippen molar-refractivity contribution in [1.82, 2.24) is 5.32 Å². The normalized spacial score (nSPS) is 15.1. The summed E-state index contributed by atoms with van der Waals surface area (Å²) in [6.45, 7) is 3.93. The van der Waals surface area contributed by atoms with E-state index in [9.17, 15) is 4.79 Å². The molecule has 1 unspecified atom stereocenters. The van der Waals surface area contributed by atoms with Crippen molar-refractivity contribution in [3.63, 3.8) is 0 Å². The maximum absolute atomic E-state index is 12.6. The lowest BCUT2D eigenvalue weighted by Gasteiger charge is -2.14. The van der Waals surface area contributed by atoms with E-state index in [1.54, 1.807) is 13.2 Å². The van der Waals surface area contributed by atoms with Crippen molar-refractivity contribution in [2.24, 2.45) is 0 Å². The number of rotatable bonds is 5. The summed E-state index contributed by atoms with van der Waals surface area (Å²) >= 11 is 0. The molecule has 0 spiro atoms. The molecule has 1 amide bonds. The number of allylic oxidation sites excluding steroid dienone is 1. The van der Waals surface area contributed by atoms with E-state index >= 15 is 0 Å². The fourth-order valence-electron chi connectivity index (χ4n) is 4.12. The van der Waals surface area contributed by atoms with Crippen LogP contribution < -0.4 is 10.1 Å². The molecule has 0 aliphatic heterocycles. The van der Waals surface area contributed by atoms with Gasteiger partial charge in [-0.15, -0.1) is 0 Å². The number of carbonyl (C=O) groups excluding carboxylic acids is 1. The molecule has 1 aromatic heterocycles. The van der Waals surface area contributed by atoms with Gasteiger partial charge in [-0.1, -0.05) is 30.3 Å². The third-order valence-corrected chi connectivity index (χ3v) is 5.71. The summed E-state index contributed by atoms with van der Waals surface area (Å²) in [6, 6.07) is 14.0. The van der Waals surface area contributed by atoms with Crippen LogP contribution in [0.4, 0.5) is 0 Å². The molecule has 1 atom stereocenters. The smallest absolute Gasteiger partial charge is 0.244 e. The Morgan fingerprint density at radius 2 is 1.93 bits per heavy atom. The Kier molecular flexibility index (Phi) is 5.43. The van der Waals surface area contributed by atoms with Gasteiger partial charge in [-0.25, -0.2) is 0 Å². The van der Waals surface area contributed by atoms with Crippen molar-refractivity contribution in [2.75, 3.05) is 7.11 Å². The highest BCUT2D eigenvalue weighted by molar-refractivity contribution is 5.97. The number of amides is 1. The highest BCUT2D eigenvalue weighted by Crippen LogP contribution is 2.37. The summed E-state index contributed by atoms with van der Waals surface area (Å²) in [7, 11) is 1.65. The predicted molar refractivity (Wildman–Crippen MR) is 116 cm³/mol. The van der Waals surface area contributed by atoms with Gasteiger partial charge in [0, 0.05) is 35.1 Å². The van der Waals surface area contributed by atoms with Crippen LogP contribution >= 0.6 is 0 Å². The molecule has 1 aliphatic rings. The Hall–Kier alpha value is -3.01. The predicted octanol–water partition coefficient (Wildman–Crippen LogP) is 5.60. The molecule has 0 saturated heterocycles. The van der Waals surface area contributed by atoms with Gasteiger partial charge in [-0.3, -0.25) is 4.79 Å². The molecule has 150 valence electrons. The Morgan fingerprint density at radius 3 is 2.69 bits per heavy atom. The van der Waals surface area contributed by atoms with Crippen molar-refractivity contribution in [2.45, 2.75) is 45.6 Å². The van der Waals surface area contributed by atoms with Gasteiger partial charge in [-0.05, 0) is 50.3 Å². The zero-order chi connectivity index (χ0) is 20.4. The Morgan fingerprint density at radius 1 is 1.17 bits per heavy atom. The van der Waals surface area contributed by atoms with E-state index < -0.39 is 0 Å². The highest BCUT2D eigenvalue weighted by atomic mass is 16.5. The number of benzene rings is 2. The summed E-state index contributed by atoms with van der Waals surface area (Å²) in [5.74, 6) is 1.71. The van der Waals surface area contributed by atoms with Crippen LogP contribution in [0.5, 0.6) is 5.75 Å². The van der Waals surface area contributed by atoms with E-state index in [1.807, 2.05) is 50.2 Å². The first-order valence-electron chi connectivity index (χ1n) is 10.2. The number of aryl methyl sites for hydroxylation is 2. The van der Waals surface area contributed by atoms with E-state index in [0.717, 1.165) is 52.0 Å². The summed E-state index contributed by atoms with van der Waals surface area (Å²) in [5, 5.41) is 4.18. The molecule has 0 bridgehead atoms. The molecule has 2 aromatic carbocycles. The van der Waals surface area contributed by atoms with E-state index in [4.69, 9.17) is 9.15 Å². The standard InChI is InChI=1S/C25H27NO3/c1-16(13-25(27)26-17(2)18-9-5-4-6-10-18)20-14-21-19-11-7-8-12-22(19)29-24(21)15-23(20)28-3/h4-6,9-10,13-15,17H,7-8,11-12H2,1-3H3,(H,26,27)/b16-13+. The lowest BCUT2D eigenvalue weighted by atomic mass is 9.94. The second kappa shape index (κ2) is 8.16. The fourth-order valence-corrected chi connectivity index (χ4v) is 4.12. The molecular weight excluding hydrogens is 362 g/mol. The molecule has 4 rings (SSSR count). The summed E-state index contributed by atoms with van der Waals surface area (Å²) < 4.78 is 11.7. The lowest BCUT2D eigenvalue weighted by Crippen LogP contribution is -2.24. The summed E-state index contributed by atoms with van der Waals surface area (Å²) in [4.78, 5) is 12.6. The minimum atomic E-state index is -0.116. The molecule has 3 aromatic rings. The second-order valence-electron chi connectivity index (χ2n) is 7.73. The van der Waals surface area contributed by atoms with Crippen LogP contribution in [0.25, 0.3) is 16.5 Å². The van der Waals surface area contributed by atoms with E-state index in [1.165, 1.54) is 18.4 Å². The average molecular weight is 389 g/mol. The quantitative estimate of drug-likeness (QED) is 0.578. The third-order valence-electron chi connectivity index (χ3n) is 5.71. The molecule has 1 heterocycles. The molecule has 0 radical (unpaired) electrons. The molecular formula is C25H27NO3. The second-order valence-corrected chi connectivity index (χ2v) is 7.73. The molecule has 0 fully saturated rings. The van der Waals surface area contributed by atoms with Crippen molar-refractivity contribution < 1.29 is 13.9 Å². The number of fused-ring (bicyclic) bond motifs is 3. The van der Waals surface area contributed by atoms with Gasteiger partial charge in [-0.2, -0.15) is 0 Å². The maximum atomic E-state index is 12.6. The van der Waals surface area contributed by atoms with E-state index in [2.05, 4.69) is 11.4 Å². The number of nitrogens with one attached hydrogen (secondary N) is 1. The summed E-state index contributed by atoms with van der Waals surface area (Å²) in [5.41, 5.74) is 5.05. The van der Waals surface area contributed by atoms with Crippen LogP contribution in [-0.2, 0) is 17.6 Å².